The Kier molecular flexibility index (Phi) is 4.36. The van der Waals surface area contributed by atoms with E-state index in [9.17, 15) is 8.42 Å². The average molecular weight is 421 g/mol. The topological polar surface area (TPSA) is 85.1 Å². The fraction of sp³-hybridized carbons (Fsp3) is 0.0833. The summed E-state index contributed by atoms with van der Waals surface area (Å²) in [7, 11) is -3.75. The molecule has 8 heteroatoms. The minimum Gasteiger partial charge on any atom is -0.399 e. The van der Waals surface area contributed by atoms with E-state index in [1.165, 1.54) is 18.3 Å². The third kappa shape index (κ3) is 3.31. The van der Waals surface area contributed by atoms with Crippen LogP contribution in [0.3, 0.4) is 0 Å². The zero-order valence-electron chi connectivity index (χ0n) is 10.4. The monoisotopic (exact) mass is 419 g/mol. The molecule has 2 aromatic rings. The lowest BCUT2D eigenvalue weighted by Gasteiger charge is -2.12. The van der Waals surface area contributed by atoms with Gasteiger partial charge >= 0.3 is 0 Å². The third-order valence-electron chi connectivity index (χ3n) is 2.42. The molecule has 0 atom stereocenters. The minimum atomic E-state index is -3.75. The van der Waals surface area contributed by atoms with E-state index in [1.54, 1.807) is 12.3 Å². The maximum atomic E-state index is 12.4. The number of anilines is 2. The highest BCUT2D eigenvalue weighted by atomic mass is 79.9. The van der Waals surface area contributed by atoms with Gasteiger partial charge in [-0.2, -0.15) is 0 Å². The first-order valence-corrected chi connectivity index (χ1v) is 8.55. The van der Waals surface area contributed by atoms with Crippen LogP contribution in [-0.4, -0.2) is 13.4 Å². The first-order valence-electron chi connectivity index (χ1n) is 5.48. The summed E-state index contributed by atoms with van der Waals surface area (Å²) in [4.78, 5) is 4.04. The van der Waals surface area contributed by atoms with E-state index in [-0.39, 0.29) is 4.90 Å². The van der Waals surface area contributed by atoms with Crippen LogP contribution >= 0.6 is 31.9 Å². The zero-order valence-corrected chi connectivity index (χ0v) is 14.4. The molecule has 0 aliphatic rings. The van der Waals surface area contributed by atoms with Crippen LogP contribution in [0, 0.1) is 6.92 Å². The lowest BCUT2D eigenvalue weighted by molar-refractivity contribution is 0.600. The van der Waals surface area contributed by atoms with Gasteiger partial charge in [-0.1, -0.05) is 0 Å². The average Bonchev–Trinajstić information content (AvgIpc) is 2.25. The number of hydrogen-bond acceptors (Lipinski definition) is 4. The zero-order chi connectivity index (χ0) is 14.9. The highest BCUT2D eigenvalue weighted by molar-refractivity contribution is 9.11. The Morgan fingerprint density at radius 3 is 2.30 bits per heavy atom. The van der Waals surface area contributed by atoms with Gasteiger partial charge in [-0.3, -0.25) is 9.71 Å². The molecule has 0 amide bonds. The number of nitrogen functional groups attached to an aromatic ring is 1. The molecule has 0 radical (unpaired) electrons. The number of aryl methyl sites for hydroxylation is 1. The van der Waals surface area contributed by atoms with Crippen molar-refractivity contribution in [3.63, 3.8) is 0 Å². The normalized spacial score (nSPS) is 11.3. The van der Waals surface area contributed by atoms with Crippen LogP contribution in [0.5, 0.6) is 0 Å². The van der Waals surface area contributed by atoms with Crippen molar-refractivity contribution < 1.29 is 8.42 Å². The van der Waals surface area contributed by atoms with E-state index in [1.807, 2.05) is 6.92 Å². The van der Waals surface area contributed by atoms with Gasteiger partial charge in [0.25, 0.3) is 10.0 Å². The second-order valence-corrected chi connectivity index (χ2v) is 7.50. The summed E-state index contributed by atoms with van der Waals surface area (Å²) in [5.41, 5.74) is 7.38. The smallest absolute Gasteiger partial charge is 0.264 e. The van der Waals surface area contributed by atoms with Gasteiger partial charge in [-0.25, -0.2) is 8.42 Å². The fourth-order valence-electron chi connectivity index (χ4n) is 1.65. The summed E-state index contributed by atoms with van der Waals surface area (Å²) < 4.78 is 28.1. The Bertz CT molecular complexity index is 740. The van der Waals surface area contributed by atoms with E-state index in [2.05, 4.69) is 41.6 Å². The summed E-state index contributed by atoms with van der Waals surface area (Å²) in [6, 6.07) is 4.77. The predicted octanol–water partition coefficient (Wildman–Crippen LogP) is 3.30. The van der Waals surface area contributed by atoms with E-state index >= 15 is 0 Å². The number of benzene rings is 1. The summed E-state index contributed by atoms with van der Waals surface area (Å²) in [5.74, 6) is 0. The quantitative estimate of drug-likeness (QED) is 0.746. The molecule has 1 heterocycles. The van der Waals surface area contributed by atoms with Crippen LogP contribution in [0.15, 0.2) is 44.4 Å². The van der Waals surface area contributed by atoms with Gasteiger partial charge in [0, 0.05) is 20.8 Å². The highest BCUT2D eigenvalue weighted by Gasteiger charge is 2.22. The fourth-order valence-corrected chi connectivity index (χ4v) is 5.31. The minimum absolute atomic E-state index is 0.0909. The molecule has 0 bridgehead atoms. The molecule has 106 valence electrons. The van der Waals surface area contributed by atoms with E-state index in [4.69, 9.17) is 5.73 Å². The number of pyridine rings is 1. The maximum Gasteiger partial charge on any atom is 0.264 e. The van der Waals surface area contributed by atoms with E-state index < -0.39 is 10.0 Å². The van der Waals surface area contributed by atoms with Crippen molar-refractivity contribution in [2.24, 2.45) is 0 Å². The number of halogens is 2. The summed E-state index contributed by atoms with van der Waals surface area (Å²) in [5, 5.41) is 0. The SMILES string of the molecule is Cc1cncc(NS(=O)(=O)c2c(Br)cc(N)cc2Br)c1. The predicted molar refractivity (Wildman–Crippen MR) is 86.0 cm³/mol. The molecule has 0 saturated heterocycles. The number of nitrogens with two attached hydrogens (primary N) is 1. The van der Waals surface area contributed by atoms with E-state index in [0.717, 1.165) is 5.56 Å². The van der Waals surface area contributed by atoms with Crippen LogP contribution in [0.2, 0.25) is 0 Å². The molecule has 1 aromatic heterocycles. The number of aromatic nitrogens is 1. The number of sulfonamides is 1. The molecule has 0 aliphatic carbocycles. The Morgan fingerprint density at radius 1 is 1.15 bits per heavy atom. The second-order valence-electron chi connectivity index (χ2n) is 4.17. The van der Waals surface area contributed by atoms with Crippen molar-refractivity contribution in [3.8, 4) is 0 Å². The van der Waals surface area contributed by atoms with Crippen molar-refractivity contribution in [2.45, 2.75) is 11.8 Å². The lowest BCUT2D eigenvalue weighted by Crippen LogP contribution is -2.14. The number of nitrogens with zero attached hydrogens (tertiary/aromatic N) is 1. The Labute approximate surface area is 133 Å². The molecule has 20 heavy (non-hydrogen) atoms. The molecular weight excluding hydrogens is 410 g/mol. The van der Waals surface area contributed by atoms with Gasteiger partial charge < -0.3 is 5.73 Å². The van der Waals surface area contributed by atoms with Crippen molar-refractivity contribution in [3.05, 3.63) is 45.1 Å². The molecule has 0 fully saturated rings. The van der Waals surface area contributed by atoms with Crippen LogP contribution in [0.25, 0.3) is 0 Å². The van der Waals surface area contributed by atoms with Gasteiger partial charge in [0.1, 0.15) is 4.90 Å². The molecule has 0 unspecified atom stereocenters. The van der Waals surface area contributed by atoms with Gasteiger partial charge in [-0.05, 0) is 62.5 Å². The van der Waals surface area contributed by atoms with Gasteiger partial charge in [0.2, 0.25) is 0 Å². The Morgan fingerprint density at radius 2 is 1.75 bits per heavy atom. The molecule has 0 spiro atoms. The maximum absolute atomic E-state index is 12.4. The number of rotatable bonds is 3. The van der Waals surface area contributed by atoms with Crippen molar-refractivity contribution in [1.29, 1.82) is 0 Å². The first-order chi connectivity index (χ1) is 9.29. The van der Waals surface area contributed by atoms with Gasteiger partial charge in [0.05, 0.1) is 11.9 Å². The molecule has 1 aromatic carbocycles. The molecule has 2 rings (SSSR count). The second kappa shape index (κ2) is 5.71. The molecule has 3 N–H and O–H groups in total. The molecule has 0 saturated carbocycles. The summed E-state index contributed by atoms with van der Waals surface area (Å²) in [6.45, 7) is 1.83. The van der Waals surface area contributed by atoms with Crippen molar-refractivity contribution in [2.75, 3.05) is 10.5 Å². The summed E-state index contributed by atoms with van der Waals surface area (Å²) in [6.07, 6.45) is 3.09. The van der Waals surface area contributed by atoms with Crippen LogP contribution in [-0.2, 0) is 10.0 Å². The third-order valence-corrected chi connectivity index (χ3v) is 5.67. The number of nitrogens with one attached hydrogen (secondary N) is 1. The largest absolute Gasteiger partial charge is 0.399 e. The lowest BCUT2D eigenvalue weighted by atomic mass is 10.3. The first kappa shape index (κ1) is 15.3. The van der Waals surface area contributed by atoms with Crippen LogP contribution in [0.4, 0.5) is 11.4 Å². The van der Waals surface area contributed by atoms with Crippen LogP contribution < -0.4 is 10.5 Å². The Balaban J connectivity index is 2.46. The standard InChI is InChI=1S/C12H11Br2N3O2S/c1-7-2-9(6-16-5-7)17-20(18,19)12-10(13)3-8(15)4-11(12)14/h2-6,17H,15H2,1H3. The molecule has 0 aliphatic heterocycles. The Hall–Kier alpha value is -1.12. The van der Waals surface area contributed by atoms with Crippen LogP contribution in [0.1, 0.15) is 5.56 Å². The molecule has 5 nitrogen and oxygen atoms in total. The van der Waals surface area contributed by atoms with Gasteiger partial charge in [-0.15, -0.1) is 0 Å². The van der Waals surface area contributed by atoms with Gasteiger partial charge in [0.15, 0.2) is 0 Å². The van der Waals surface area contributed by atoms with Crippen molar-refractivity contribution in [1.82, 2.24) is 4.98 Å². The van der Waals surface area contributed by atoms with Crippen molar-refractivity contribution >= 4 is 53.3 Å². The number of hydrogen-bond donors (Lipinski definition) is 2. The highest BCUT2D eigenvalue weighted by Crippen LogP contribution is 2.33. The molecular formula is C12H11Br2N3O2S. The summed E-state index contributed by atoms with van der Waals surface area (Å²) >= 11 is 6.43. The van der Waals surface area contributed by atoms with E-state index in [0.29, 0.717) is 20.3 Å².